The summed E-state index contributed by atoms with van der Waals surface area (Å²) in [5.74, 6) is 2.01. The lowest BCUT2D eigenvalue weighted by molar-refractivity contribution is -0.137. The third-order valence-electron chi connectivity index (χ3n) is 4.84. The molecule has 1 aliphatic carbocycles. The van der Waals surface area contributed by atoms with Crippen LogP contribution < -0.4 is 4.74 Å². The molecule has 1 aromatic rings. The summed E-state index contributed by atoms with van der Waals surface area (Å²) >= 11 is 0. The van der Waals surface area contributed by atoms with Gasteiger partial charge in [0.25, 0.3) is 0 Å². The van der Waals surface area contributed by atoms with Crippen molar-refractivity contribution in [1.29, 1.82) is 0 Å². The van der Waals surface area contributed by atoms with Crippen molar-refractivity contribution in [2.75, 3.05) is 13.7 Å². The molecular formula is C17H23NO2. The van der Waals surface area contributed by atoms with Gasteiger partial charge in [0.2, 0.25) is 5.91 Å². The van der Waals surface area contributed by atoms with Gasteiger partial charge in [0.1, 0.15) is 5.75 Å². The number of fused-ring (bicyclic) bond motifs is 1. The average Bonchev–Trinajstić information content (AvgIpc) is 2.95. The van der Waals surface area contributed by atoms with E-state index in [0.29, 0.717) is 11.9 Å². The summed E-state index contributed by atoms with van der Waals surface area (Å²) in [5.41, 5.74) is 1.25. The lowest BCUT2D eigenvalue weighted by Crippen LogP contribution is -2.47. The Balaban J connectivity index is 1.65. The molecule has 0 radical (unpaired) electrons. The molecule has 20 heavy (non-hydrogen) atoms. The van der Waals surface area contributed by atoms with Gasteiger partial charge in [-0.2, -0.15) is 0 Å². The fraction of sp³-hybridized carbons (Fsp3) is 0.588. The van der Waals surface area contributed by atoms with Crippen molar-refractivity contribution < 1.29 is 9.53 Å². The lowest BCUT2D eigenvalue weighted by atomic mass is 9.91. The first-order valence-corrected chi connectivity index (χ1v) is 7.70. The van der Waals surface area contributed by atoms with Crippen LogP contribution in [0.25, 0.3) is 0 Å². The minimum absolute atomic E-state index is 0.357. The van der Waals surface area contributed by atoms with Crippen LogP contribution in [0.15, 0.2) is 24.3 Å². The van der Waals surface area contributed by atoms with Crippen molar-refractivity contribution in [3.8, 4) is 5.75 Å². The summed E-state index contributed by atoms with van der Waals surface area (Å²) < 4.78 is 5.26. The summed E-state index contributed by atoms with van der Waals surface area (Å²) in [4.78, 5) is 14.3. The van der Waals surface area contributed by atoms with E-state index in [9.17, 15) is 4.79 Å². The molecule has 3 nitrogen and oxygen atoms in total. The zero-order valence-corrected chi connectivity index (χ0v) is 12.2. The van der Waals surface area contributed by atoms with E-state index in [2.05, 4.69) is 17.0 Å². The van der Waals surface area contributed by atoms with Gasteiger partial charge in [-0.1, -0.05) is 18.6 Å². The Labute approximate surface area is 120 Å². The quantitative estimate of drug-likeness (QED) is 0.844. The van der Waals surface area contributed by atoms with Crippen molar-refractivity contribution in [2.45, 2.75) is 44.6 Å². The Morgan fingerprint density at radius 1 is 1.30 bits per heavy atom. The average molecular weight is 273 g/mol. The number of rotatable bonds is 4. The number of amides is 1. The molecule has 1 amide bonds. The van der Waals surface area contributed by atoms with Crippen molar-refractivity contribution >= 4 is 5.91 Å². The fourth-order valence-electron chi connectivity index (χ4n) is 3.77. The zero-order chi connectivity index (χ0) is 13.9. The van der Waals surface area contributed by atoms with Crippen LogP contribution in [0.4, 0.5) is 0 Å². The predicted octanol–water partition coefficient (Wildman–Crippen LogP) is 3.03. The molecule has 3 heteroatoms. The molecule has 1 heterocycles. The van der Waals surface area contributed by atoms with E-state index in [-0.39, 0.29) is 0 Å². The van der Waals surface area contributed by atoms with Gasteiger partial charge in [-0.05, 0) is 49.3 Å². The van der Waals surface area contributed by atoms with Gasteiger partial charge >= 0.3 is 0 Å². The van der Waals surface area contributed by atoms with E-state index in [4.69, 9.17) is 4.74 Å². The first-order chi connectivity index (χ1) is 9.78. The van der Waals surface area contributed by atoms with Gasteiger partial charge in [0, 0.05) is 19.0 Å². The van der Waals surface area contributed by atoms with Crippen molar-refractivity contribution in [3.05, 3.63) is 29.8 Å². The number of hydrogen-bond acceptors (Lipinski definition) is 2. The largest absolute Gasteiger partial charge is 0.497 e. The molecule has 2 aliphatic rings. The van der Waals surface area contributed by atoms with Gasteiger partial charge < -0.3 is 9.64 Å². The van der Waals surface area contributed by atoms with Gasteiger partial charge in [0.05, 0.1) is 7.11 Å². The number of likely N-dealkylation sites (tertiary alicyclic amines) is 1. The van der Waals surface area contributed by atoms with Crippen molar-refractivity contribution in [2.24, 2.45) is 5.92 Å². The Bertz CT molecular complexity index is 486. The highest BCUT2D eigenvalue weighted by molar-refractivity contribution is 5.77. The molecule has 108 valence electrons. The van der Waals surface area contributed by atoms with Gasteiger partial charge in [-0.25, -0.2) is 0 Å². The lowest BCUT2D eigenvalue weighted by Gasteiger charge is -2.37. The Morgan fingerprint density at radius 2 is 2.20 bits per heavy atom. The summed E-state index contributed by atoms with van der Waals surface area (Å²) in [7, 11) is 1.69. The molecule has 1 saturated carbocycles. The smallest absolute Gasteiger partial charge is 0.222 e. The van der Waals surface area contributed by atoms with Crippen LogP contribution >= 0.6 is 0 Å². The number of nitrogens with zero attached hydrogens (tertiary/aromatic N) is 1. The fourth-order valence-corrected chi connectivity index (χ4v) is 3.77. The number of carbonyl (C=O) groups is 1. The maximum atomic E-state index is 12.2. The second-order valence-electron chi connectivity index (χ2n) is 5.99. The molecule has 0 bridgehead atoms. The first kappa shape index (κ1) is 13.5. The number of benzene rings is 1. The third kappa shape index (κ3) is 2.67. The molecule has 2 atom stereocenters. The van der Waals surface area contributed by atoms with Crippen LogP contribution in [0.3, 0.4) is 0 Å². The second-order valence-corrected chi connectivity index (χ2v) is 5.99. The van der Waals surface area contributed by atoms with Gasteiger partial charge in [-0.3, -0.25) is 4.79 Å². The molecular weight excluding hydrogens is 250 g/mol. The highest BCUT2D eigenvalue weighted by atomic mass is 16.5. The molecule has 0 unspecified atom stereocenters. The molecule has 1 aliphatic heterocycles. The Morgan fingerprint density at radius 3 is 3.05 bits per heavy atom. The minimum Gasteiger partial charge on any atom is -0.497 e. The summed E-state index contributed by atoms with van der Waals surface area (Å²) in [6, 6.07) is 8.68. The second kappa shape index (κ2) is 5.86. The molecule has 0 N–H and O–H groups in total. The summed E-state index contributed by atoms with van der Waals surface area (Å²) in [5, 5.41) is 0. The Hall–Kier alpha value is -1.51. The summed E-state index contributed by atoms with van der Waals surface area (Å²) in [6.07, 6.45) is 6.59. The first-order valence-electron chi connectivity index (χ1n) is 7.70. The number of ether oxygens (including phenoxy) is 1. The minimum atomic E-state index is 0.357. The highest BCUT2D eigenvalue weighted by Crippen LogP contribution is 2.37. The van der Waals surface area contributed by atoms with E-state index in [1.54, 1.807) is 7.11 Å². The van der Waals surface area contributed by atoms with E-state index in [1.807, 2.05) is 12.1 Å². The zero-order valence-electron chi connectivity index (χ0n) is 12.2. The number of methoxy groups -OCH3 is 1. The van der Waals surface area contributed by atoms with Crippen LogP contribution in [0.2, 0.25) is 0 Å². The van der Waals surface area contributed by atoms with Crippen molar-refractivity contribution in [1.82, 2.24) is 4.90 Å². The molecule has 1 saturated heterocycles. The topological polar surface area (TPSA) is 29.5 Å². The molecule has 2 fully saturated rings. The van der Waals surface area contributed by atoms with Crippen LogP contribution in [0.5, 0.6) is 5.75 Å². The number of hydrogen-bond donors (Lipinski definition) is 0. The molecule has 0 aromatic heterocycles. The monoisotopic (exact) mass is 273 g/mol. The molecule has 3 rings (SSSR count). The van der Waals surface area contributed by atoms with E-state index in [1.165, 1.54) is 24.8 Å². The van der Waals surface area contributed by atoms with Crippen LogP contribution in [-0.2, 0) is 11.2 Å². The van der Waals surface area contributed by atoms with Gasteiger partial charge in [-0.15, -0.1) is 0 Å². The third-order valence-corrected chi connectivity index (χ3v) is 4.84. The van der Waals surface area contributed by atoms with E-state index < -0.39 is 0 Å². The van der Waals surface area contributed by atoms with E-state index in [0.717, 1.165) is 37.5 Å². The van der Waals surface area contributed by atoms with Crippen LogP contribution in [-0.4, -0.2) is 30.5 Å². The predicted molar refractivity (Wildman–Crippen MR) is 78.8 cm³/mol. The maximum Gasteiger partial charge on any atom is 0.222 e. The normalized spacial score (nSPS) is 25.6. The SMILES string of the molecule is COc1cccc(CCN2C(=O)CC[C@H]3CCC[C@@H]32)c1. The molecule has 1 aromatic carbocycles. The number of carbonyl (C=O) groups excluding carboxylic acids is 1. The van der Waals surface area contributed by atoms with E-state index >= 15 is 0 Å². The standard InChI is InChI=1S/C17H23NO2/c1-20-15-6-2-4-13(12-15)10-11-18-16-7-3-5-14(16)8-9-17(18)19/h2,4,6,12,14,16H,3,5,7-11H2,1H3/t14-,16+/m1/s1. The van der Waals surface area contributed by atoms with Crippen LogP contribution in [0, 0.1) is 5.92 Å². The number of piperidine rings is 1. The maximum absolute atomic E-state index is 12.2. The van der Waals surface area contributed by atoms with Crippen molar-refractivity contribution in [3.63, 3.8) is 0 Å². The summed E-state index contributed by atoms with van der Waals surface area (Å²) in [6.45, 7) is 0.854. The van der Waals surface area contributed by atoms with Crippen LogP contribution in [0.1, 0.15) is 37.7 Å². The molecule has 0 spiro atoms. The Kier molecular flexibility index (Phi) is 3.95. The highest BCUT2D eigenvalue weighted by Gasteiger charge is 2.38. The van der Waals surface area contributed by atoms with Gasteiger partial charge in [0.15, 0.2) is 0 Å².